The summed E-state index contributed by atoms with van der Waals surface area (Å²) in [4.78, 5) is 28.1. The van der Waals surface area contributed by atoms with Gasteiger partial charge in [0.15, 0.2) is 0 Å². The Labute approximate surface area is 144 Å². The predicted octanol–water partition coefficient (Wildman–Crippen LogP) is 1.51. The lowest BCUT2D eigenvalue weighted by Gasteiger charge is -2.27. The molecule has 1 amide bonds. The summed E-state index contributed by atoms with van der Waals surface area (Å²) >= 11 is 0. The Balaban J connectivity index is 2.00. The van der Waals surface area contributed by atoms with Crippen molar-refractivity contribution in [1.29, 1.82) is 0 Å². The van der Waals surface area contributed by atoms with E-state index in [2.05, 4.69) is 4.90 Å². The number of likely N-dealkylation sites (N-methyl/N-ethyl adjacent to an activating group) is 1. The van der Waals surface area contributed by atoms with Crippen LogP contribution in [0.4, 0.5) is 4.79 Å². The molecule has 7 nitrogen and oxygen atoms in total. The van der Waals surface area contributed by atoms with Crippen LogP contribution in [0.15, 0.2) is 0 Å². The molecule has 1 aliphatic heterocycles. The zero-order valence-electron chi connectivity index (χ0n) is 15.6. The minimum absolute atomic E-state index is 0.0945. The number of hydrogen-bond donors (Lipinski definition) is 0. The Hall–Kier alpha value is -1.34. The van der Waals surface area contributed by atoms with Gasteiger partial charge in [-0.1, -0.05) is 0 Å². The van der Waals surface area contributed by atoms with Crippen LogP contribution in [0, 0.1) is 5.41 Å². The topological polar surface area (TPSA) is 68.3 Å². The lowest BCUT2D eigenvalue weighted by Crippen LogP contribution is -2.43. The third kappa shape index (κ3) is 4.39. The first-order chi connectivity index (χ1) is 11.1. The Morgan fingerprint density at radius 2 is 1.92 bits per heavy atom. The summed E-state index contributed by atoms with van der Waals surface area (Å²) in [5, 5.41) is 0. The number of carbonyl (C=O) groups excluding carboxylic acids is 2. The molecule has 2 rings (SSSR count). The second-order valence-corrected chi connectivity index (χ2v) is 8.08. The molecule has 0 aromatic carbocycles. The van der Waals surface area contributed by atoms with Crippen molar-refractivity contribution in [2.75, 3.05) is 40.9 Å². The van der Waals surface area contributed by atoms with Crippen LogP contribution < -0.4 is 0 Å². The van der Waals surface area contributed by atoms with E-state index in [9.17, 15) is 9.59 Å². The van der Waals surface area contributed by atoms with E-state index >= 15 is 0 Å². The number of carbonyl (C=O) groups is 2. The van der Waals surface area contributed by atoms with E-state index in [1.54, 1.807) is 0 Å². The van der Waals surface area contributed by atoms with Crippen LogP contribution in [0.3, 0.4) is 0 Å². The van der Waals surface area contributed by atoms with Gasteiger partial charge < -0.3 is 19.1 Å². The summed E-state index contributed by atoms with van der Waals surface area (Å²) in [6, 6.07) is -0.590. The average molecular weight is 342 g/mol. The number of methoxy groups -OCH3 is 1. The van der Waals surface area contributed by atoms with E-state index in [0.717, 1.165) is 13.0 Å². The number of likely N-dealkylation sites (tertiary alicyclic amines) is 1. The Morgan fingerprint density at radius 3 is 2.46 bits per heavy atom. The highest BCUT2D eigenvalue weighted by Crippen LogP contribution is 2.57. The first-order valence-corrected chi connectivity index (χ1v) is 8.42. The number of rotatable bonds is 5. The summed E-state index contributed by atoms with van der Waals surface area (Å²) < 4.78 is 16.2. The zero-order valence-corrected chi connectivity index (χ0v) is 15.6. The SMILES string of the molecule is COC(=O)[C@@H]1CC2(CC2OCCN(C)C)CN1C(=O)OC(C)(C)C. The molecule has 2 fully saturated rings. The van der Waals surface area contributed by atoms with Crippen LogP contribution in [-0.2, 0) is 19.0 Å². The van der Waals surface area contributed by atoms with Crippen molar-refractivity contribution in [1.82, 2.24) is 9.80 Å². The third-order valence-electron chi connectivity index (χ3n) is 4.53. The Bertz CT molecular complexity index is 488. The lowest BCUT2D eigenvalue weighted by molar-refractivity contribution is -0.145. The average Bonchev–Trinajstić information content (AvgIpc) is 2.95. The smallest absolute Gasteiger partial charge is 0.411 e. The molecular weight excluding hydrogens is 312 g/mol. The van der Waals surface area contributed by atoms with Crippen molar-refractivity contribution in [3.8, 4) is 0 Å². The van der Waals surface area contributed by atoms with Gasteiger partial charge >= 0.3 is 12.1 Å². The van der Waals surface area contributed by atoms with E-state index < -0.39 is 23.7 Å². The molecule has 24 heavy (non-hydrogen) atoms. The lowest BCUT2D eigenvalue weighted by atomic mass is 10.0. The highest BCUT2D eigenvalue weighted by atomic mass is 16.6. The summed E-state index contributed by atoms with van der Waals surface area (Å²) in [6.07, 6.45) is 1.07. The summed E-state index contributed by atoms with van der Waals surface area (Å²) in [6.45, 7) is 7.42. The van der Waals surface area contributed by atoms with Gasteiger partial charge in [0.05, 0.1) is 19.8 Å². The maximum atomic E-state index is 12.5. The van der Waals surface area contributed by atoms with Gasteiger partial charge in [-0.3, -0.25) is 4.90 Å². The monoisotopic (exact) mass is 342 g/mol. The standard InChI is InChI=1S/C17H30N2O5/c1-16(2,3)24-15(21)19-11-17(9-12(19)14(20)22-6)10-13(17)23-8-7-18(4)5/h12-13H,7-11H2,1-6H3/t12-,13?,17?/m0/s1. The largest absolute Gasteiger partial charge is 0.467 e. The van der Waals surface area contributed by atoms with Crippen LogP contribution in [0.1, 0.15) is 33.6 Å². The number of hydrogen-bond acceptors (Lipinski definition) is 6. The van der Waals surface area contributed by atoms with E-state index in [1.165, 1.54) is 12.0 Å². The van der Waals surface area contributed by atoms with E-state index in [1.807, 2.05) is 34.9 Å². The van der Waals surface area contributed by atoms with Crippen molar-refractivity contribution in [2.24, 2.45) is 5.41 Å². The quantitative estimate of drug-likeness (QED) is 0.706. The van der Waals surface area contributed by atoms with Crippen molar-refractivity contribution in [2.45, 2.75) is 51.4 Å². The molecule has 1 saturated heterocycles. The number of esters is 1. The first-order valence-electron chi connectivity index (χ1n) is 8.42. The van der Waals surface area contributed by atoms with Gasteiger partial charge in [0.1, 0.15) is 11.6 Å². The second kappa shape index (κ2) is 6.88. The predicted molar refractivity (Wildman–Crippen MR) is 88.7 cm³/mol. The van der Waals surface area contributed by atoms with Gasteiger partial charge in [-0.15, -0.1) is 0 Å². The Kier molecular flexibility index (Phi) is 5.44. The summed E-state index contributed by atoms with van der Waals surface area (Å²) in [5.41, 5.74) is -0.735. The molecule has 138 valence electrons. The number of ether oxygens (including phenoxy) is 3. The molecule has 0 bridgehead atoms. The van der Waals surface area contributed by atoms with Crippen LogP contribution >= 0.6 is 0 Å². The van der Waals surface area contributed by atoms with E-state index in [0.29, 0.717) is 19.6 Å². The molecule has 1 heterocycles. The molecule has 0 aromatic rings. The molecular formula is C17H30N2O5. The van der Waals surface area contributed by atoms with Crippen LogP contribution in [-0.4, -0.2) is 80.5 Å². The molecule has 2 unspecified atom stereocenters. The zero-order chi connectivity index (χ0) is 18.1. The van der Waals surface area contributed by atoms with Gasteiger partial charge in [0, 0.05) is 18.5 Å². The van der Waals surface area contributed by atoms with Crippen LogP contribution in [0.2, 0.25) is 0 Å². The van der Waals surface area contributed by atoms with Gasteiger partial charge in [0.25, 0.3) is 0 Å². The van der Waals surface area contributed by atoms with Gasteiger partial charge in [-0.2, -0.15) is 0 Å². The van der Waals surface area contributed by atoms with Gasteiger partial charge in [-0.05, 0) is 47.7 Å². The second-order valence-electron chi connectivity index (χ2n) is 8.08. The molecule has 2 aliphatic rings. The number of amides is 1. The fraction of sp³-hybridized carbons (Fsp3) is 0.882. The first kappa shape index (κ1) is 19.0. The Morgan fingerprint density at radius 1 is 1.25 bits per heavy atom. The maximum Gasteiger partial charge on any atom is 0.411 e. The number of nitrogens with zero attached hydrogens (tertiary/aromatic N) is 2. The molecule has 7 heteroatoms. The van der Waals surface area contributed by atoms with Crippen molar-refractivity contribution in [3.05, 3.63) is 0 Å². The van der Waals surface area contributed by atoms with Crippen molar-refractivity contribution >= 4 is 12.1 Å². The summed E-state index contributed by atoms with van der Waals surface area (Å²) in [5.74, 6) is -0.392. The fourth-order valence-electron chi connectivity index (χ4n) is 3.17. The van der Waals surface area contributed by atoms with Crippen LogP contribution in [0.5, 0.6) is 0 Å². The molecule has 0 aromatic heterocycles. The van der Waals surface area contributed by atoms with Gasteiger partial charge in [-0.25, -0.2) is 9.59 Å². The maximum absolute atomic E-state index is 12.5. The third-order valence-corrected chi connectivity index (χ3v) is 4.53. The fourth-order valence-corrected chi connectivity index (χ4v) is 3.17. The molecule has 1 saturated carbocycles. The molecule has 1 aliphatic carbocycles. The minimum atomic E-state index is -0.599. The minimum Gasteiger partial charge on any atom is -0.467 e. The molecule has 3 atom stereocenters. The molecule has 1 spiro atoms. The normalized spacial score (nSPS) is 29.2. The molecule has 0 radical (unpaired) electrons. The van der Waals surface area contributed by atoms with Crippen LogP contribution in [0.25, 0.3) is 0 Å². The highest BCUT2D eigenvalue weighted by Gasteiger charge is 2.64. The summed E-state index contributed by atoms with van der Waals surface area (Å²) in [7, 11) is 5.34. The van der Waals surface area contributed by atoms with E-state index in [-0.39, 0.29) is 11.5 Å². The van der Waals surface area contributed by atoms with E-state index in [4.69, 9.17) is 14.2 Å². The molecule has 0 N–H and O–H groups in total. The highest BCUT2D eigenvalue weighted by molar-refractivity contribution is 5.82. The van der Waals surface area contributed by atoms with Crippen molar-refractivity contribution < 1.29 is 23.8 Å². The van der Waals surface area contributed by atoms with Gasteiger partial charge in [0.2, 0.25) is 0 Å². The van der Waals surface area contributed by atoms with Crippen molar-refractivity contribution in [3.63, 3.8) is 0 Å².